The molecule has 2 aromatic carbocycles. The number of rotatable bonds is 6. The fourth-order valence-corrected chi connectivity index (χ4v) is 1.98. The van der Waals surface area contributed by atoms with E-state index in [2.05, 4.69) is 5.32 Å². The van der Waals surface area contributed by atoms with E-state index >= 15 is 0 Å². The number of nitrogens with one attached hydrogen (secondary N) is 1. The van der Waals surface area contributed by atoms with Crippen LogP contribution in [-0.2, 0) is 4.79 Å². The van der Waals surface area contributed by atoms with Gasteiger partial charge in [0.25, 0.3) is 5.91 Å². The Balaban J connectivity index is 2.13. The number of primary amides is 1. The Morgan fingerprint density at radius 2 is 1.96 bits per heavy atom. The van der Waals surface area contributed by atoms with E-state index in [4.69, 9.17) is 22.1 Å². The van der Waals surface area contributed by atoms with Crippen LogP contribution in [0.3, 0.4) is 0 Å². The fourth-order valence-electron chi connectivity index (χ4n) is 1.82. The molecule has 0 bridgehead atoms. The van der Waals surface area contributed by atoms with Gasteiger partial charge < -0.3 is 15.8 Å². The molecule has 0 heterocycles. The SMILES string of the molecule is NC(=O)CCOc1ccccc1NC(=O)c1ccc(Cl)cc1F. The highest BCUT2D eigenvalue weighted by atomic mass is 35.5. The van der Waals surface area contributed by atoms with E-state index in [1.165, 1.54) is 12.1 Å². The maximum atomic E-state index is 13.8. The molecule has 0 spiro atoms. The van der Waals surface area contributed by atoms with Crippen LogP contribution in [0.2, 0.25) is 5.02 Å². The van der Waals surface area contributed by atoms with E-state index in [-0.39, 0.29) is 23.6 Å². The van der Waals surface area contributed by atoms with Crippen LogP contribution in [0, 0.1) is 5.82 Å². The molecule has 2 rings (SSSR count). The molecule has 23 heavy (non-hydrogen) atoms. The standard InChI is InChI=1S/C16H14ClFN2O3/c17-10-5-6-11(12(18)9-10)16(22)20-13-3-1-2-4-14(13)23-8-7-15(19)21/h1-6,9H,7-8H2,(H2,19,21)(H,20,22). The van der Waals surface area contributed by atoms with Gasteiger partial charge in [-0.2, -0.15) is 0 Å². The number of halogens is 2. The van der Waals surface area contributed by atoms with Crippen molar-refractivity contribution in [2.45, 2.75) is 6.42 Å². The molecule has 0 aliphatic rings. The van der Waals surface area contributed by atoms with Crippen LogP contribution in [0.25, 0.3) is 0 Å². The largest absolute Gasteiger partial charge is 0.491 e. The first-order valence-corrected chi connectivity index (χ1v) is 7.11. The number of amides is 2. The monoisotopic (exact) mass is 336 g/mol. The molecule has 0 saturated carbocycles. The topological polar surface area (TPSA) is 81.4 Å². The summed E-state index contributed by atoms with van der Waals surface area (Å²) in [6.07, 6.45) is 0.0497. The molecule has 5 nitrogen and oxygen atoms in total. The molecule has 0 atom stereocenters. The first-order chi connectivity index (χ1) is 11.0. The summed E-state index contributed by atoms with van der Waals surface area (Å²) in [6, 6.07) is 10.4. The molecular weight excluding hydrogens is 323 g/mol. The Kier molecular flexibility index (Phi) is 5.54. The zero-order valence-electron chi connectivity index (χ0n) is 12.0. The molecule has 0 radical (unpaired) electrons. The van der Waals surface area contributed by atoms with Crippen LogP contribution in [-0.4, -0.2) is 18.4 Å². The molecule has 0 saturated heterocycles. The van der Waals surface area contributed by atoms with Gasteiger partial charge in [0, 0.05) is 5.02 Å². The smallest absolute Gasteiger partial charge is 0.258 e. The van der Waals surface area contributed by atoms with Crippen LogP contribution in [0.4, 0.5) is 10.1 Å². The van der Waals surface area contributed by atoms with E-state index in [1.807, 2.05) is 0 Å². The molecule has 0 aromatic heterocycles. The molecule has 0 aliphatic heterocycles. The molecule has 0 aliphatic carbocycles. The third-order valence-corrected chi connectivity index (χ3v) is 3.15. The molecule has 3 N–H and O–H groups in total. The van der Waals surface area contributed by atoms with Gasteiger partial charge in [0.05, 0.1) is 24.3 Å². The van der Waals surface area contributed by atoms with Crippen molar-refractivity contribution in [3.63, 3.8) is 0 Å². The van der Waals surface area contributed by atoms with Crippen molar-refractivity contribution >= 4 is 29.1 Å². The molecule has 0 unspecified atom stereocenters. The second-order valence-corrected chi connectivity index (χ2v) is 5.08. The van der Waals surface area contributed by atoms with Crippen LogP contribution in [0.15, 0.2) is 42.5 Å². The Hall–Kier alpha value is -2.60. The summed E-state index contributed by atoms with van der Waals surface area (Å²) >= 11 is 5.66. The van der Waals surface area contributed by atoms with E-state index in [0.29, 0.717) is 11.4 Å². The highest BCUT2D eigenvalue weighted by Gasteiger charge is 2.14. The van der Waals surface area contributed by atoms with Gasteiger partial charge in [0.15, 0.2) is 0 Å². The van der Waals surface area contributed by atoms with Crippen molar-refractivity contribution < 1.29 is 18.7 Å². The van der Waals surface area contributed by atoms with Gasteiger partial charge in [0.2, 0.25) is 5.91 Å². The third-order valence-electron chi connectivity index (χ3n) is 2.92. The minimum Gasteiger partial charge on any atom is -0.491 e. The number of carbonyl (C=O) groups excluding carboxylic acids is 2. The van der Waals surface area contributed by atoms with Crippen LogP contribution in [0.5, 0.6) is 5.75 Å². The van der Waals surface area contributed by atoms with Crippen LogP contribution < -0.4 is 15.8 Å². The van der Waals surface area contributed by atoms with Crippen molar-refractivity contribution in [1.82, 2.24) is 0 Å². The fraction of sp³-hybridized carbons (Fsp3) is 0.125. The minimum atomic E-state index is -0.720. The highest BCUT2D eigenvalue weighted by Crippen LogP contribution is 2.25. The average molecular weight is 337 g/mol. The molecule has 120 valence electrons. The molecular formula is C16H14ClFN2O3. The lowest BCUT2D eigenvalue weighted by Gasteiger charge is -2.12. The Morgan fingerprint density at radius 3 is 2.65 bits per heavy atom. The quantitative estimate of drug-likeness (QED) is 0.850. The Labute approximate surface area is 137 Å². The molecule has 2 aromatic rings. The summed E-state index contributed by atoms with van der Waals surface area (Å²) in [4.78, 5) is 22.9. The lowest BCUT2D eigenvalue weighted by Crippen LogP contribution is -2.16. The zero-order chi connectivity index (χ0) is 16.8. The zero-order valence-corrected chi connectivity index (χ0v) is 12.8. The van der Waals surface area contributed by atoms with Crippen molar-refractivity contribution in [2.75, 3.05) is 11.9 Å². The van der Waals surface area contributed by atoms with Crippen LogP contribution in [0.1, 0.15) is 16.8 Å². The number of para-hydroxylation sites is 2. The lowest BCUT2D eigenvalue weighted by atomic mass is 10.2. The number of carbonyl (C=O) groups is 2. The number of nitrogens with two attached hydrogens (primary N) is 1. The van der Waals surface area contributed by atoms with Crippen molar-refractivity contribution in [1.29, 1.82) is 0 Å². The van der Waals surface area contributed by atoms with Crippen molar-refractivity contribution in [3.8, 4) is 5.75 Å². The Morgan fingerprint density at radius 1 is 1.22 bits per heavy atom. The number of hydrogen-bond donors (Lipinski definition) is 2. The summed E-state index contributed by atoms with van der Waals surface area (Å²) in [7, 11) is 0. The van der Waals surface area contributed by atoms with Gasteiger partial charge in [-0.3, -0.25) is 9.59 Å². The van der Waals surface area contributed by atoms with E-state index < -0.39 is 17.6 Å². The van der Waals surface area contributed by atoms with Gasteiger partial charge in [0.1, 0.15) is 11.6 Å². The number of benzene rings is 2. The summed E-state index contributed by atoms with van der Waals surface area (Å²) in [5.74, 6) is -1.49. The highest BCUT2D eigenvalue weighted by molar-refractivity contribution is 6.30. The summed E-state index contributed by atoms with van der Waals surface area (Å²) in [5.41, 5.74) is 5.26. The first kappa shape index (κ1) is 16.8. The van der Waals surface area contributed by atoms with E-state index in [0.717, 1.165) is 6.07 Å². The number of anilines is 1. The first-order valence-electron chi connectivity index (χ1n) is 6.74. The second kappa shape index (κ2) is 7.60. The molecule has 7 heteroatoms. The van der Waals surface area contributed by atoms with Crippen LogP contribution >= 0.6 is 11.6 Å². The van der Waals surface area contributed by atoms with Gasteiger partial charge in [-0.15, -0.1) is 0 Å². The van der Waals surface area contributed by atoms with Crippen molar-refractivity contribution in [3.05, 3.63) is 58.9 Å². The van der Waals surface area contributed by atoms with Crippen molar-refractivity contribution in [2.24, 2.45) is 5.73 Å². The lowest BCUT2D eigenvalue weighted by molar-refractivity contribution is -0.118. The summed E-state index contributed by atoms with van der Waals surface area (Å²) in [6.45, 7) is 0.0809. The number of hydrogen-bond acceptors (Lipinski definition) is 3. The van der Waals surface area contributed by atoms with Gasteiger partial charge in [-0.25, -0.2) is 4.39 Å². The predicted molar refractivity (Wildman–Crippen MR) is 85.1 cm³/mol. The maximum Gasteiger partial charge on any atom is 0.258 e. The summed E-state index contributed by atoms with van der Waals surface area (Å²) in [5, 5.41) is 2.77. The predicted octanol–water partition coefficient (Wildman–Crippen LogP) is 2.99. The second-order valence-electron chi connectivity index (χ2n) is 4.64. The minimum absolute atomic E-state index is 0.0497. The average Bonchev–Trinajstić information content (AvgIpc) is 2.48. The van der Waals surface area contributed by atoms with Gasteiger partial charge in [-0.05, 0) is 30.3 Å². The Bertz CT molecular complexity index is 737. The van der Waals surface area contributed by atoms with E-state index in [9.17, 15) is 14.0 Å². The third kappa shape index (κ3) is 4.69. The molecule has 0 fully saturated rings. The molecule has 2 amide bonds. The number of ether oxygens (including phenoxy) is 1. The van der Waals surface area contributed by atoms with E-state index in [1.54, 1.807) is 24.3 Å². The van der Waals surface area contributed by atoms with Gasteiger partial charge >= 0.3 is 0 Å². The maximum absolute atomic E-state index is 13.8. The summed E-state index contributed by atoms with van der Waals surface area (Å²) < 4.78 is 19.2. The van der Waals surface area contributed by atoms with Gasteiger partial charge in [-0.1, -0.05) is 23.7 Å². The normalized spacial score (nSPS) is 10.2.